The Labute approximate surface area is 138 Å². The van der Waals surface area contributed by atoms with Crippen LogP contribution in [0.25, 0.3) is 0 Å². The fourth-order valence-electron chi connectivity index (χ4n) is 3.36. The van der Waals surface area contributed by atoms with Crippen LogP contribution in [0.15, 0.2) is 20.1 Å². The summed E-state index contributed by atoms with van der Waals surface area (Å²) in [6.45, 7) is 0.742. The number of carbonyl (C=O) groups is 1. The summed E-state index contributed by atoms with van der Waals surface area (Å²) in [5, 5.41) is 3.21. The van der Waals surface area contributed by atoms with Crippen molar-refractivity contribution < 1.29 is 4.79 Å². The van der Waals surface area contributed by atoms with E-state index in [-0.39, 0.29) is 24.5 Å². The van der Waals surface area contributed by atoms with Crippen LogP contribution in [-0.2, 0) is 0 Å². The number of amides is 1. The third-order valence-corrected chi connectivity index (χ3v) is 6.04. The van der Waals surface area contributed by atoms with Crippen molar-refractivity contribution in [1.82, 2.24) is 14.8 Å². The maximum absolute atomic E-state index is 12.6. The van der Waals surface area contributed by atoms with E-state index in [1.165, 1.54) is 0 Å². The number of aliphatic imine (C=N–C) groups is 1. The number of fused-ring (bicyclic) bond motifs is 2. The van der Waals surface area contributed by atoms with Gasteiger partial charge in [0.15, 0.2) is 17.8 Å². The standard InChI is InChI=1S/C11H11Br2N5O.ClH/c12-5-4-6-8(19)17-3-1-2-11(17)9(15-10(14)16-11)18(6)7(5)13;/h4,9H,1-3H2,(H3,14,15,16);1H/t9-,11+;/m1./s1. The van der Waals surface area contributed by atoms with Crippen LogP contribution in [0.3, 0.4) is 0 Å². The molecule has 0 bridgehead atoms. The van der Waals surface area contributed by atoms with Crippen LogP contribution in [0.1, 0.15) is 29.5 Å². The molecule has 2 atom stereocenters. The van der Waals surface area contributed by atoms with Crippen LogP contribution in [-0.4, -0.2) is 33.5 Å². The van der Waals surface area contributed by atoms with E-state index in [2.05, 4.69) is 42.2 Å². The molecule has 1 saturated heterocycles. The van der Waals surface area contributed by atoms with Crippen molar-refractivity contribution in [2.24, 2.45) is 10.7 Å². The quantitative estimate of drug-likeness (QED) is 0.666. The number of carbonyl (C=O) groups excluding carboxylic acids is 1. The Balaban J connectivity index is 0.00000121. The number of hydrogen-bond acceptors (Lipinski definition) is 4. The predicted molar refractivity (Wildman–Crippen MR) is 83.9 cm³/mol. The first-order valence-electron chi connectivity index (χ1n) is 6.04. The first-order valence-corrected chi connectivity index (χ1v) is 7.63. The fraction of sp³-hybridized carbons (Fsp3) is 0.455. The summed E-state index contributed by atoms with van der Waals surface area (Å²) in [7, 11) is 0. The molecule has 3 aliphatic heterocycles. The van der Waals surface area contributed by atoms with E-state index in [1.807, 2.05) is 15.5 Å². The molecule has 1 amide bonds. The molecule has 4 rings (SSSR count). The SMILES string of the molecule is Cl.NC1=N[C@@H]2n3c(cc(Br)c3Br)C(=O)N3CCC[C@@]23N1. The summed E-state index contributed by atoms with van der Waals surface area (Å²) < 4.78 is 3.60. The highest BCUT2D eigenvalue weighted by atomic mass is 79.9. The van der Waals surface area contributed by atoms with E-state index in [4.69, 9.17) is 5.73 Å². The van der Waals surface area contributed by atoms with Gasteiger partial charge < -0.3 is 20.5 Å². The maximum Gasteiger partial charge on any atom is 0.272 e. The highest BCUT2D eigenvalue weighted by Crippen LogP contribution is 2.47. The minimum absolute atomic E-state index is 0. The van der Waals surface area contributed by atoms with E-state index in [0.717, 1.165) is 28.5 Å². The molecule has 6 nitrogen and oxygen atoms in total. The van der Waals surface area contributed by atoms with Gasteiger partial charge in [-0.15, -0.1) is 12.4 Å². The Morgan fingerprint density at radius 3 is 3.00 bits per heavy atom. The molecule has 0 radical (unpaired) electrons. The first kappa shape index (κ1) is 14.2. The summed E-state index contributed by atoms with van der Waals surface area (Å²) in [6, 6.07) is 1.83. The van der Waals surface area contributed by atoms with Crippen molar-refractivity contribution in [2.45, 2.75) is 24.7 Å². The fourth-order valence-corrected chi connectivity index (χ4v) is 4.27. The Morgan fingerprint density at radius 1 is 1.50 bits per heavy atom. The molecule has 3 N–H and O–H groups in total. The van der Waals surface area contributed by atoms with Gasteiger partial charge in [0, 0.05) is 6.54 Å². The zero-order valence-electron chi connectivity index (χ0n) is 10.3. The molecule has 1 fully saturated rings. The molecule has 4 heterocycles. The van der Waals surface area contributed by atoms with Gasteiger partial charge in [-0.25, -0.2) is 4.99 Å². The third-order valence-electron chi connectivity index (χ3n) is 4.09. The maximum atomic E-state index is 12.6. The second-order valence-electron chi connectivity index (χ2n) is 5.04. The second-order valence-corrected chi connectivity index (χ2v) is 6.64. The second kappa shape index (κ2) is 4.38. The Hall–Kier alpha value is -0.730. The van der Waals surface area contributed by atoms with Gasteiger partial charge in [0.1, 0.15) is 10.3 Å². The number of guanidine groups is 1. The summed E-state index contributed by atoms with van der Waals surface area (Å²) in [5.41, 5.74) is 6.01. The third kappa shape index (κ3) is 1.50. The lowest BCUT2D eigenvalue weighted by Gasteiger charge is -2.43. The van der Waals surface area contributed by atoms with Gasteiger partial charge in [-0.2, -0.15) is 0 Å². The summed E-state index contributed by atoms with van der Waals surface area (Å²) in [6.07, 6.45) is 1.61. The minimum Gasteiger partial charge on any atom is -0.370 e. The molecule has 0 unspecified atom stereocenters. The average molecular weight is 426 g/mol. The van der Waals surface area contributed by atoms with Crippen molar-refractivity contribution in [2.75, 3.05) is 6.54 Å². The number of nitrogens with one attached hydrogen (secondary N) is 1. The molecule has 20 heavy (non-hydrogen) atoms. The lowest BCUT2D eigenvalue weighted by Crippen LogP contribution is -2.63. The van der Waals surface area contributed by atoms with Crippen LogP contribution >= 0.6 is 44.3 Å². The van der Waals surface area contributed by atoms with Crippen molar-refractivity contribution in [3.05, 3.63) is 20.8 Å². The Morgan fingerprint density at radius 2 is 2.25 bits per heavy atom. The minimum atomic E-state index is -0.491. The highest BCUT2D eigenvalue weighted by Gasteiger charge is 2.58. The zero-order valence-corrected chi connectivity index (χ0v) is 14.3. The van der Waals surface area contributed by atoms with Crippen LogP contribution in [0.4, 0.5) is 0 Å². The lowest BCUT2D eigenvalue weighted by molar-refractivity contribution is 0.0323. The van der Waals surface area contributed by atoms with E-state index in [1.54, 1.807) is 0 Å². The lowest BCUT2D eigenvalue weighted by atomic mass is 10.0. The number of hydrogen-bond donors (Lipinski definition) is 2. The zero-order chi connectivity index (χ0) is 13.4. The largest absolute Gasteiger partial charge is 0.370 e. The van der Waals surface area contributed by atoms with Crippen molar-refractivity contribution in [1.29, 1.82) is 0 Å². The van der Waals surface area contributed by atoms with Crippen LogP contribution in [0.2, 0.25) is 0 Å². The molecule has 108 valence electrons. The Kier molecular flexibility index (Phi) is 3.11. The van der Waals surface area contributed by atoms with Gasteiger partial charge in [-0.05, 0) is 50.8 Å². The van der Waals surface area contributed by atoms with Crippen LogP contribution < -0.4 is 11.1 Å². The number of nitrogens with zero attached hydrogens (tertiary/aromatic N) is 3. The molecule has 1 aromatic rings. The van der Waals surface area contributed by atoms with Gasteiger partial charge in [0.25, 0.3) is 5.91 Å². The summed E-state index contributed by atoms with van der Waals surface area (Å²) in [4.78, 5) is 19.0. The first-order chi connectivity index (χ1) is 9.04. The van der Waals surface area contributed by atoms with E-state index in [9.17, 15) is 4.79 Å². The molecule has 0 saturated carbocycles. The van der Waals surface area contributed by atoms with E-state index < -0.39 is 5.66 Å². The monoisotopic (exact) mass is 423 g/mol. The average Bonchev–Trinajstić information content (AvgIpc) is 2.99. The molecule has 0 aromatic carbocycles. The van der Waals surface area contributed by atoms with E-state index >= 15 is 0 Å². The van der Waals surface area contributed by atoms with Gasteiger partial charge >= 0.3 is 0 Å². The topological polar surface area (TPSA) is 75.6 Å². The molecular weight excluding hydrogens is 413 g/mol. The van der Waals surface area contributed by atoms with Gasteiger partial charge in [-0.3, -0.25) is 4.79 Å². The number of rotatable bonds is 0. The molecular formula is C11H12Br2ClN5O. The van der Waals surface area contributed by atoms with E-state index in [0.29, 0.717) is 11.7 Å². The van der Waals surface area contributed by atoms with Crippen molar-refractivity contribution >= 4 is 56.1 Å². The van der Waals surface area contributed by atoms with Crippen molar-refractivity contribution in [3.8, 4) is 0 Å². The number of nitrogens with two attached hydrogens (primary N) is 1. The number of halogens is 3. The highest BCUT2D eigenvalue weighted by molar-refractivity contribution is 9.13. The molecule has 1 spiro atoms. The van der Waals surface area contributed by atoms with Crippen molar-refractivity contribution in [3.63, 3.8) is 0 Å². The normalized spacial score (nSPS) is 30.1. The molecule has 3 aliphatic rings. The molecule has 0 aliphatic carbocycles. The number of aromatic nitrogens is 1. The smallest absolute Gasteiger partial charge is 0.272 e. The predicted octanol–water partition coefficient (Wildman–Crippen LogP) is 1.80. The van der Waals surface area contributed by atoms with Gasteiger partial charge in [0.2, 0.25) is 0 Å². The molecule has 9 heteroatoms. The summed E-state index contributed by atoms with van der Waals surface area (Å²) >= 11 is 6.98. The Bertz CT molecular complexity index is 645. The van der Waals surface area contributed by atoms with Crippen LogP contribution in [0.5, 0.6) is 0 Å². The summed E-state index contributed by atoms with van der Waals surface area (Å²) in [5.74, 6) is 0.423. The van der Waals surface area contributed by atoms with Gasteiger partial charge in [0.05, 0.1) is 4.47 Å². The molecule has 1 aromatic heterocycles. The van der Waals surface area contributed by atoms with Crippen LogP contribution in [0, 0.1) is 0 Å². The van der Waals surface area contributed by atoms with Gasteiger partial charge in [-0.1, -0.05) is 0 Å².